The topological polar surface area (TPSA) is 57.7 Å². The zero-order valence-electron chi connectivity index (χ0n) is 16.6. The molecule has 1 aromatic carbocycles. The van der Waals surface area contributed by atoms with Crippen LogP contribution in [0.2, 0.25) is 0 Å². The van der Waals surface area contributed by atoms with E-state index in [1.54, 1.807) is 0 Å². The first-order valence-corrected chi connectivity index (χ1v) is 10.8. The zero-order chi connectivity index (χ0) is 19.4. The van der Waals surface area contributed by atoms with Crippen molar-refractivity contribution in [2.45, 2.75) is 37.6 Å². The maximum Gasteiger partial charge on any atom is 0.243 e. The quantitative estimate of drug-likeness (QED) is 0.870. The molecule has 0 bridgehead atoms. The number of rotatable bonds is 4. The number of aryl methyl sites for hydroxylation is 1. The van der Waals surface area contributed by atoms with Gasteiger partial charge >= 0.3 is 0 Å². The largest absolute Gasteiger partial charge is 0.491 e. The molecule has 0 aliphatic carbocycles. The summed E-state index contributed by atoms with van der Waals surface area (Å²) in [6.45, 7) is 4.54. The number of nitrogens with zero attached hydrogens (tertiary/aromatic N) is 3. The minimum atomic E-state index is 0.114. The Morgan fingerprint density at radius 2 is 2.24 bits per heavy atom. The lowest BCUT2D eigenvalue weighted by Gasteiger charge is -2.39. The third-order valence-electron chi connectivity index (χ3n) is 6.97. The van der Waals surface area contributed by atoms with Gasteiger partial charge in [-0.1, -0.05) is 12.1 Å². The van der Waals surface area contributed by atoms with Crippen LogP contribution in [-0.4, -0.2) is 54.6 Å². The smallest absolute Gasteiger partial charge is 0.243 e. The normalized spacial score (nSPS) is 24.6. The number of carbonyl (C=O) groups is 1. The summed E-state index contributed by atoms with van der Waals surface area (Å²) in [5, 5.41) is 3.05. The van der Waals surface area contributed by atoms with Crippen LogP contribution >= 0.6 is 0 Å². The lowest BCUT2D eigenvalue weighted by atomic mass is 9.89. The van der Waals surface area contributed by atoms with Crippen LogP contribution in [0, 0.1) is 0 Å². The average molecular weight is 390 g/mol. The summed E-state index contributed by atoms with van der Waals surface area (Å²) < 4.78 is 5.80. The molecule has 0 spiro atoms. The molecule has 29 heavy (non-hydrogen) atoms. The first kappa shape index (κ1) is 17.3. The lowest BCUT2D eigenvalue weighted by Crippen LogP contribution is -2.49. The fourth-order valence-corrected chi connectivity index (χ4v) is 5.70. The molecule has 1 N–H and O–H groups in total. The van der Waals surface area contributed by atoms with Crippen molar-refractivity contribution in [1.82, 2.24) is 9.88 Å². The second-order valence-electron chi connectivity index (χ2n) is 8.63. The number of fused-ring (bicyclic) bond motifs is 4. The summed E-state index contributed by atoms with van der Waals surface area (Å²) >= 11 is 0. The monoisotopic (exact) mass is 390 g/mol. The third kappa shape index (κ3) is 2.81. The SMILES string of the molecule is O=C1CN2c3c(cccc3[C@@H]3CN(CCCc4nccc5c4OCC5)CC[C@@H]32)N1. The van der Waals surface area contributed by atoms with E-state index < -0.39 is 0 Å². The van der Waals surface area contributed by atoms with Crippen molar-refractivity contribution < 1.29 is 9.53 Å². The molecule has 1 amide bonds. The summed E-state index contributed by atoms with van der Waals surface area (Å²) in [5.74, 6) is 1.64. The van der Waals surface area contributed by atoms with Gasteiger partial charge in [0.1, 0.15) is 5.75 Å². The van der Waals surface area contributed by atoms with E-state index in [1.807, 2.05) is 12.3 Å². The second-order valence-corrected chi connectivity index (χ2v) is 8.63. The Balaban J connectivity index is 1.14. The van der Waals surface area contributed by atoms with Crippen LogP contribution in [0.3, 0.4) is 0 Å². The van der Waals surface area contributed by atoms with Gasteiger partial charge in [0, 0.05) is 43.2 Å². The van der Waals surface area contributed by atoms with Gasteiger partial charge in [-0.3, -0.25) is 9.78 Å². The minimum absolute atomic E-state index is 0.114. The summed E-state index contributed by atoms with van der Waals surface area (Å²) in [5.41, 5.74) is 6.09. The highest BCUT2D eigenvalue weighted by atomic mass is 16.5. The van der Waals surface area contributed by atoms with Crippen LogP contribution in [0.4, 0.5) is 11.4 Å². The van der Waals surface area contributed by atoms with Gasteiger partial charge in [-0.25, -0.2) is 0 Å². The highest BCUT2D eigenvalue weighted by molar-refractivity contribution is 6.03. The van der Waals surface area contributed by atoms with Crippen molar-refractivity contribution in [3.8, 4) is 5.75 Å². The fourth-order valence-electron chi connectivity index (χ4n) is 5.70. The number of pyridine rings is 1. The van der Waals surface area contributed by atoms with Crippen LogP contribution in [0.25, 0.3) is 0 Å². The van der Waals surface area contributed by atoms with Gasteiger partial charge in [0.05, 0.1) is 30.2 Å². The number of anilines is 2. The second kappa shape index (κ2) is 6.73. The molecule has 5 heterocycles. The van der Waals surface area contributed by atoms with Gasteiger partial charge in [0.15, 0.2) is 0 Å². The van der Waals surface area contributed by atoms with E-state index in [4.69, 9.17) is 4.74 Å². The highest BCUT2D eigenvalue weighted by Crippen LogP contribution is 2.49. The minimum Gasteiger partial charge on any atom is -0.491 e. The molecular weight excluding hydrogens is 364 g/mol. The first-order valence-electron chi connectivity index (χ1n) is 10.8. The molecule has 4 aliphatic rings. The number of piperidine rings is 1. The maximum absolute atomic E-state index is 12.1. The average Bonchev–Trinajstić information content (AvgIpc) is 3.33. The molecule has 4 aliphatic heterocycles. The van der Waals surface area contributed by atoms with E-state index in [-0.39, 0.29) is 5.91 Å². The fraction of sp³-hybridized carbons (Fsp3) is 0.478. The Labute approximate surface area is 170 Å². The Morgan fingerprint density at radius 1 is 1.28 bits per heavy atom. The number of benzene rings is 1. The van der Waals surface area contributed by atoms with E-state index >= 15 is 0 Å². The van der Waals surface area contributed by atoms with Gasteiger partial charge in [0.2, 0.25) is 5.91 Å². The Hall–Kier alpha value is -2.60. The van der Waals surface area contributed by atoms with Gasteiger partial charge in [-0.2, -0.15) is 0 Å². The van der Waals surface area contributed by atoms with Crippen molar-refractivity contribution in [3.05, 3.63) is 47.3 Å². The van der Waals surface area contributed by atoms with Crippen molar-refractivity contribution >= 4 is 17.3 Å². The number of likely N-dealkylation sites (tertiary alicyclic amines) is 1. The van der Waals surface area contributed by atoms with E-state index in [0.717, 1.165) is 69.1 Å². The number of para-hydroxylation sites is 1. The van der Waals surface area contributed by atoms with E-state index in [0.29, 0.717) is 18.5 Å². The molecule has 150 valence electrons. The molecule has 0 unspecified atom stereocenters. The van der Waals surface area contributed by atoms with E-state index in [1.165, 1.54) is 16.8 Å². The van der Waals surface area contributed by atoms with Crippen molar-refractivity contribution in [3.63, 3.8) is 0 Å². The van der Waals surface area contributed by atoms with Crippen LogP contribution in [0.5, 0.6) is 5.75 Å². The summed E-state index contributed by atoms with van der Waals surface area (Å²) in [4.78, 5) is 21.7. The molecule has 6 heteroatoms. The van der Waals surface area contributed by atoms with Crippen molar-refractivity contribution in [1.29, 1.82) is 0 Å². The number of nitrogens with one attached hydrogen (secondary N) is 1. The summed E-state index contributed by atoms with van der Waals surface area (Å²) in [6, 6.07) is 8.92. The van der Waals surface area contributed by atoms with Crippen LogP contribution < -0.4 is 15.0 Å². The summed E-state index contributed by atoms with van der Waals surface area (Å²) in [6.07, 6.45) is 6.12. The van der Waals surface area contributed by atoms with Crippen molar-refractivity contribution in [2.24, 2.45) is 0 Å². The highest BCUT2D eigenvalue weighted by Gasteiger charge is 2.45. The molecule has 0 radical (unpaired) electrons. The molecule has 1 saturated heterocycles. The number of aromatic nitrogens is 1. The molecular formula is C23H26N4O2. The van der Waals surface area contributed by atoms with E-state index in [9.17, 15) is 4.79 Å². The predicted octanol–water partition coefficient (Wildman–Crippen LogP) is 2.58. The zero-order valence-corrected chi connectivity index (χ0v) is 16.6. The van der Waals surface area contributed by atoms with Crippen LogP contribution in [-0.2, 0) is 17.6 Å². The maximum atomic E-state index is 12.1. The summed E-state index contributed by atoms with van der Waals surface area (Å²) in [7, 11) is 0. The first-order chi connectivity index (χ1) is 14.3. The molecule has 2 atom stereocenters. The number of amides is 1. The van der Waals surface area contributed by atoms with Gasteiger partial charge in [-0.15, -0.1) is 0 Å². The standard InChI is InChI=1S/C23H26N4O2/c28-21-14-27-20-7-11-26(13-17(20)16-3-1-4-18(25-21)22(16)27)10-2-5-19-23-15(6-9-24-19)8-12-29-23/h1,3-4,6,9,17,20H,2,5,7-8,10-14H2,(H,25,28)/t17-,20-/m0/s1. The molecule has 6 rings (SSSR count). The number of carbonyl (C=O) groups excluding carboxylic acids is 1. The number of hydrogen-bond acceptors (Lipinski definition) is 5. The van der Waals surface area contributed by atoms with Gasteiger partial charge < -0.3 is 19.9 Å². The van der Waals surface area contributed by atoms with Crippen LogP contribution in [0.1, 0.15) is 35.6 Å². The molecule has 2 aromatic rings. The molecule has 0 saturated carbocycles. The Bertz CT molecular complexity index is 975. The van der Waals surface area contributed by atoms with Gasteiger partial charge in [0.25, 0.3) is 0 Å². The molecule has 1 fully saturated rings. The van der Waals surface area contributed by atoms with Gasteiger partial charge in [-0.05, 0) is 43.5 Å². The van der Waals surface area contributed by atoms with E-state index in [2.05, 4.69) is 38.3 Å². The third-order valence-corrected chi connectivity index (χ3v) is 6.97. The Kier molecular flexibility index (Phi) is 4.01. The predicted molar refractivity (Wildman–Crippen MR) is 112 cm³/mol. The number of ether oxygens (including phenoxy) is 1. The lowest BCUT2D eigenvalue weighted by molar-refractivity contribution is -0.115. The Morgan fingerprint density at radius 3 is 3.21 bits per heavy atom. The van der Waals surface area contributed by atoms with Crippen molar-refractivity contribution in [2.75, 3.05) is 43.0 Å². The number of hydrogen-bond donors (Lipinski definition) is 1. The van der Waals surface area contributed by atoms with Crippen LogP contribution in [0.15, 0.2) is 30.5 Å². The molecule has 6 nitrogen and oxygen atoms in total. The molecule has 1 aromatic heterocycles.